The Kier molecular flexibility index (Phi) is 4.45. The molecule has 0 aliphatic heterocycles. The normalized spacial score (nSPS) is 23.7. The molecule has 3 heteroatoms. The van der Waals surface area contributed by atoms with Gasteiger partial charge in [-0.15, -0.1) is 0 Å². The topological polar surface area (TPSA) is 21.3 Å². The molecule has 2 nitrogen and oxygen atoms in total. The van der Waals surface area contributed by atoms with Gasteiger partial charge < -0.3 is 10.1 Å². The summed E-state index contributed by atoms with van der Waals surface area (Å²) in [7, 11) is 1.60. The SMILES string of the molecule is COc1ccc(F)c(NCC2CCCC(C)C2)c1. The van der Waals surface area contributed by atoms with Crippen molar-refractivity contribution in [3.05, 3.63) is 24.0 Å². The van der Waals surface area contributed by atoms with Crippen LogP contribution in [0.25, 0.3) is 0 Å². The van der Waals surface area contributed by atoms with E-state index in [0.29, 0.717) is 17.4 Å². The summed E-state index contributed by atoms with van der Waals surface area (Å²) in [4.78, 5) is 0. The Hall–Kier alpha value is -1.25. The van der Waals surface area contributed by atoms with E-state index in [-0.39, 0.29) is 5.82 Å². The second-order valence-corrected chi connectivity index (χ2v) is 5.36. The standard InChI is InChI=1S/C15H22FNO/c1-11-4-3-5-12(8-11)10-17-15-9-13(18-2)6-7-14(15)16/h6-7,9,11-12,17H,3-5,8,10H2,1-2H3. The van der Waals surface area contributed by atoms with E-state index in [4.69, 9.17) is 4.74 Å². The molecule has 1 saturated carbocycles. The molecular weight excluding hydrogens is 229 g/mol. The molecule has 1 aliphatic rings. The van der Waals surface area contributed by atoms with Crippen LogP contribution in [0.3, 0.4) is 0 Å². The van der Waals surface area contributed by atoms with Crippen molar-refractivity contribution in [1.29, 1.82) is 0 Å². The predicted molar refractivity (Wildman–Crippen MR) is 72.6 cm³/mol. The van der Waals surface area contributed by atoms with E-state index in [1.54, 1.807) is 19.2 Å². The first-order valence-electron chi connectivity index (χ1n) is 6.76. The number of hydrogen-bond acceptors (Lipinski definition) is 2. The van der Waals surface area contributed by atoms with Crippen molar-refractivity contribution in [2.75, 3.05) is 19.0 Å². The van der Waals surface area contributed by atoms with Crippen LogP contribution in [-0.4, -0.2) is 13.7 Å². The molecule has 100 valence electrons. The average Bonchev–Trinajstić information content (AvgIpc) is 2.38. The van der Waals surface area contributed by atoms with Gasteiger partial charge in [-0.2, -0.15) is 0 Å². The first kappa shape index (κ1) is 13.2. The molecule has 0 heterocycles. The summed E-state index contributed by atoms with van der Waals surface area (Å²) < 4.78 is 18.7. The van der Waals surface area contributed by atoms with Crippen LogP contribution in [0.4, 0.5) is 10.1 Å². The third kappa shape index (κ3) is 3.37. The maximum Gasteiger partial charge on any atom is 0.146 e. The van der Waals surface area contributed by atoms with Crippen LogP contribution in [0.1, 0.15) is 32.6 Å². The Morgan fingerprint density at radius 1 is 1.39 bits per heavy atom. The van der Waals surface area contributed by atoms with Gasteiger partial charge in [-0.05, 0) is 36.8 Å². The van der Waals surface area contributed by atoms with E-state index in [1.165, 1.54) is 31.7 Å². The third-order valence-corrected chi connectivity index (χ3v) is 3.80. The molecule has 1 aromatic carbocycles. The van der Waals surface area contributed by atoms with Gasteiger partial charge in [-0.3, -0.25) is 0 Å². The van der Waals surface area contributed by atoms with Gasteiger partial charge in [0.15, 0.2) is 0 Å². The average molecular weight is 251 g/mol. The lowest BCUT2D eigenvalue weighted by atomic mass is 9.82. The van der Waals surface area contributed by atoms with E-state index in [1.807, 2.05) is 0 Å². The first-order valence-corrected chi connectivity index (χ1v) is 6.76. The zero-order valence-corrected chi connectivity index (χ0v) is 11.2. The highest BCUT2D eigenvalue weighted by atomic mass is 19.1. The van der Waals surface area contributed by atoms with E-state index in [2.05, 4.69) is 12.2 Å². The third-order valence-electron chi connectivity index (χ3n) is 3.80. The number of nitrogens with one attached hydrogen (secondary N) is 1. The molecule has 1 aromatic rings. The lowest BCUT2D eigenvalue weighted by molar-refractivity contribution is 0.293. The molecule has 0 radical (unpaired) electrons. The lowest BCUT2D eigenvalue weighted by Crippen LogP contribution is -2.21. The molecule has 2 rings (SSSR count). The Balaban J connectivity index is 1.92. The predicted octanol–water partition coefficient (Wildman–Crippen LogP) is 4.07. The van der Waals surface area contributed by atoms with Gasteiger partial charge >= 0.3 is 0 Å². The van der Waals surface area contributed by atoms with Crippen molar-refractivity contribution < 1.29 is 9.13 Å². The number of hydrogen-bond donors (Lipinski definition) is 1. The van der Waals surface area contributed by atoms with Gasteiger partial charge in [0.1, 0.15) is 11.6 Å². The van der Waals surface area contributed by atoms with Crippen molar-refractivity contribution in [3.8, 4) is 5.75 Å². The van der Waals surface area contributed by atoms with Crippen LogP contribution in [0.15, 0.2) is 18.2 Å². The minimum absolute atomic E-state index is 0.209. The summed E-state index contributed by atoms with van der Waals surface area (Å²) in [6.07, 6.45) is 5.14. The number of methoxy groups -OCH3 is 1. The summed E-state index contributed by atoms with van der Waals surface area (Å²) >= 11 is 0. The highest BCUT2D eigenvalue weighted by molar-refractivity contribution is 5.49. The van der Waals surface area contributed by atoms with Crippen LogP contribution in [-0.2, 0) is 0 Å². The van der Waals surface area contributed by atoms with Crippen LogP contribution < -0.4 is 10.1 Å². The molecular formula is C15H22FNO. The van der Waals surface area contributed by atoms with E-state index < -0.39 is 0 Å². The van der Waals surface area contributed by atoms with E-state index >= 15 is 0 Å². The molecule has 0 saturated heterocycles. The second-order valence-electron chi connectivity index (χ2n) is 5.36. The van der Waals surface area contributed by atoms with E-state index in [9.17, 15) is 4.39 Å². The van der Waals surface area contributed by atoms with Crippen LogP contribution in [0, 0.1) is 17.7 Å². The van der Waals surface area contributed by atoms with Gasteiger partial charge in [0.25, 0.3) is 0 Å². The monoisotopic (exact) mass is 251 g/mol. The molecule has 18 heavy (non-hydrogen) atoms. The smallest absolute Gasteiger partial charge is 0.146 e. The molecule has 0 aromatic heterocycles. The number of halogens is 1. The van der Waals surface area contributed by atoms with Gasteiger partial charge in [-0.25, -0.2) is 4.39 Å². The van der Waals surface area contributed by atoms with Crippen molar-refractivity contribution in [3.63, 3.8) is 0 Å². The summed E-state index contributed by atoms with van der Waals surface area (Å²) in [5.41, 5.74) is 0.549. The Bertz CT molecular complexity index is 394. The van der Waals surface area contributed by atoms with Crippen LogP contribution in [0.2, 0.25) is 0 Å². The fourth-order valence-electron chi connectivity index (χ4n) is 2.77. The summed E-state index contributed by atoms with van der Waals surface area (Å²) in [6.45, 7) is 3.16. The fourth-order valence-corrected chi connectivity index (χ4v) is 2.77. The number of benzene rings is 1. The Morgan fingerprint density at radius 2 is 2.22 bits per heavy atom. The number of ether oxygens (including phenoxy) is 1. The Morgan fingerprint density at radius 3 is 2.94 bits per heavy atom. The molecule has 2 atom stereocenters. The maximum atomic E-state index is 13.6. The molecule has 0 spiro atoms. The van der Waals surface area contributed by atoms with Gasteiger partial charge in [0.05, 0.1) is 12.8 Å². The minimum atomic E-state index is -0.209. The van der Waals surface area contributed by atoms with Gasteiger partial charge in [0, 0.05) is 12.6 Å². The highest BCUT2D eigenvalue weighted by Gasteiger charge is 2.18. The lowest BCUT2D eigenvalue weighted by Gasteiger charge is -2.27. The molecule has 1 N–H and O–H groups in total. The minimum Gasteiger partial charge on any atom is -0.497 e. The van der Waals surface area contributed by atoms with Crippen molar-refractivity contribution in [1.82, 2.24) is 0 Å². The van der Waals surface area contributed by atoms with Gasteiger partial charge in [0.2, 0.25) is 0 Å². The Labute approximate surface area is 109 Å². The van der Waals surface area contributed by atoms with Crippen molar-refractivity contribution in [2.24, 2.45) is 11.8 Å². The van der Waals surface area contributed by atoms with Crippen molar-refractivity contribution in [2.45, 2.75) is 32.6 Å². The van der Waals surface area contributed by atoms with Crippen LogP contribution >= 0.6 is 0 Å². The van der Waals surface area contributed by atoms with Gasteiger partial charge in [-0.1, -0.05) is 19.8 Å². The highest BCUT2D eigenvalue weighted by Crippen LogP contribution is 2.29. The molecule has 2 unspecified atom stereocenters. The zero-order chi connectivity index (χ0) is 13.0. The maximum absolute atomic E-state index is 13.6. The molecule has 1 aliphatic carbocycles. The summed E-state index contributed by atoms with van der Waals surface area (Å²) in [6, 6.07) is 4.81. The summed E-state index contributed by atoms with van der Waals surface area (Å²) in [5.74, 6) is 1.95. The molecule has 0 amide bonds. The van der Waals surface area contributed by atoms with Crippen molar-refractivity contribution >= 4 is 5.69 Å². The quantitative estimate of drug-likeness (QED) is 0.871. The zero-order valence-electron chi connectivity index (χ0n) is 11.2. The molecule has 0 bridgehead atoms. The van der Waals surface area contributed by atoms with Crippen LogP contribution in [0.5, 0.6) is 5.75 Å². The summed E-state index contributed by atoms with van der Waals surface area (Å²) in [5, 5.41) is 3.22. The molecule has 1 fully saturated rings. The number of rotatable bonds is 4. The fraction of sp³-hybridized carbons (Fsp3) is 0.600. The second kappa shape index (κ2) is 6.07. The number of anilines is 1. The van der Waals surface area contributed by atoms with E-state index in [0.717, 1.165) is 12.5 Å². The first-order chi connectivity index (χ1) is 8.69. The largest absolute Gasteiger partial charge is 0.497 e.